The maximum absolute atomic E-state index is 12.3. The third-order valence-corrected chi connectivity index (χ3v) is 4.82. The van der Waals surface area contributed by atoms with Crippen molar-refractivity contribution in [2.75, 3.05) is 19.7 Å². The minimum absolute atomic E-state index is 0.150. The maximum Gasteiger partial charge on any atom is 0.314 e. The third-order valence-electron chi connectivity index (χ3n) is 4.82. The Morgan fingerprint density at radius 1 is 1.12 bits per heavy atom. The number of benzene rings is 1. The van der Waals surface area contributed by atoms with Crippen molar-refractivity contribution in [3.05, 3.63) is 35.4 Å². The molecule has 0 radical (unpaired) electrons. The minimum Gasteiger partial charge on any atom is -0.378 e. The number of fused-ring (bicyclic) bond motifs is 1. The van der Waals surface area contributed by atoms with Gasteiger partial charge in [-0.1, -0.05) is 24.3 Å². The molecule has 0 saturated carbocycles. The Hall–Kier alpha value is -2.08. The molecule has 1 fully saturated rings. The summed E-state index contributed by atoms with van der Waals surface area (Å²) in [6.07, 6.45) is 4.48. The lowest BCUT2D eigenvalue weighted by Crippen LogP contribution is -2.37. The predicted molar refractivity (Wildman–Crippen MR) is 94.9 cm³/mol. The van der Waals surface area contributed by atoms with Crippen molar-refractivity contribution in [1.29, 1.82) is 0 Å². The lowest BCUT2D eigenvalue weighted by molar-refractivity contribution is -0.131. The highest BCUT2D eigenvalue weighted by molar-refractivity contribution is 5.77. The van der Waals surface area contributed by atoms with Gasteiger partial charge in [0.25, 0.3) is 0 Å². The zero-order chi connectivity index (χ0) is 17.5. The van der Waals surface area contributed by atoms with Gasteiger partial charge in [0.1, 0.15) is 0 Å². The van der Waals surface area contributed by atoms with Crippen molar-refractivity contribution >= 4 is 11.9 Å². The second-order valence-corrected chi connectivity index (χ2v) is 6.73. The second kappa shape index (κ2) is 8.85. The molecular formula is C19H27N3O3. The van der Waals surface area contributed by atoms with Crippen LogP contribution in [0, 0.1) is 0 Å². The quantitative estimate of drug-likeness (QED) is 0.744. The zero-order valence-corrected chi connectivity index (χ0v) is 14.6. The molecule has 2 heterocycles. The molecule has 0 bridgehead atoms. The summed E-state index contributed by atoms with van der Waals surface area (Å²) in [6.45, 7) is 3.38. The van der Waals surface area contributed by atoms with E-state index in [4.69, 9.17) is 4.74 Å². The fourth-order valence-corrected chi connectivity index (χ4v) is 3.39. The van der Waals surface area contributed by atoms with Crippen molar-refractivity contribution in [3.63, 3.8) is 0 Å². The molecule has 6 heteroatoms. The summed E-state index contributed by atoms with van der Waals surface area (Å²) in [6, 6.07) is 8.00. The topological polar surface area (TPSA) is 70.7 Å². The van der Waals surface area contributed by atoms with Crippen LogP contribution in [0.1, 0.15) is 43.2 Å². The largest absolute Gasteiger partial charge is 0.378 e. The van der Waals surface area contributed by atoms with Gasteiger partial charge in [0, 0.05) is 39.2 Å². The van der Waals surface area contributed by atoms with E-state index in [0.717, 1.165) is 25.9 Å². The lowest BCUT2D eigenvalue weighted by Gasteiger charge is -2.15. The van der Waals surface area contributed by atoms with Crippen LogP contribution in [0.5, 0.6) is 0 Å². The molecule has 0 aromatic heterocycles. The van der Waals surface area contributed by atoms with E-state index in [9.17, 15) is 9.59 Å². The number of hydrogen-bond donors (Lipinski definition) is 2. The van der Waals surface area contributed by atoms with Crippen LogP contribution in [0.15, 0.2) is 24.3 Å². The Morgan fingerprint density at radius 2 is 1.84 bits per heavy atom. The highest BCUT2D eigenvalue weighted by Gasteiger charge is 2.22. The fraction of sp³-hybridized carbons (Fsp3) is 0.579. The first kappa shape index (κ1) is 17.7. The average Bonchev–Trinajstić information content (AvgIpc) is 3.27. The SMILES string of the molecule is O=C(NCCCC(=O)N1Cc2ccccc2C1)NCC[C@@H]1CCCO1. The summed E-state index contributed by atoms with van der Waals surface area (Å²) >= 11 is 0. The molecule has 25 heavy (non-hydrogen) atoms. The van der Waals surface area contributed by atoms with Gasteiger partial charge >= 0.3 is 6.03 Å². The molecular weight excluding hydrogens is 318 g/mol. The molecule has 2 aliphatic rings. The van der Waals surface area contributed by atoms with E-state index in [1.54, 1.807) is 0 Å². The van der Waals surface area contributed by atoms with Crippen LogP contribution in [0.2, 0.25) is 0 Å². The Labute approximate surface area is 148 Å². The van der Waals surface area contributed by atoms with Crippen LogP contribution >= 0.6 is 0 Å². The number of carbonyl (C=O) groups excluding carboxylic acids is 2. The minimum atomic E-state index is -0.168. The second-order valence-electron chi connectivity index (χ2n) is 6.73. The summed E-state index contributed by atoms with van der Waals surface area (Å²) in [5.74, 6) is 0.150. The third kappa shape index (κ3) is 5.19. The van der Waals surface area contributed by atoms with Gasteiger partial charge in [0.15, 0.2) is 0 Å². The molecule has 1 aromatic carbocycles. The average molecular weight is 345 g/mol. The Kier molecular flexibility index (Phi) is 6.28. The van der Waals surface area contributed by atoms with Crippen molar-refractivity contribution < 1.29 is 14.3 Å². The first-order valence-electron chi connectivity index (χ1n) is 9.20. The molecule has 3 amide bonds. The van der Waals surface area contributed by atoms with E-state index in [1.165, 1.54) is 11.1 Å². The highest BCUT2D eigenvalue weighted by Crippen LogP contribution is 2.22. The van der Waals surface area contributed by atoms with Crippen molar-refractivity contribution in [2.24, 2.45) is 0 Å². The van der Waals surface area contributed by atoms with Gasteiger partial charge in [0.05, 0.1) is 6.10 Å². The number of carbonyl (C=O) groups is 2. The maximum atomic E-state index is 12.3. The van der Waals surface area contributed by atoms with Gasteiger partial charge < -0.3 is 20.3 Å². The molecule has 2 aliphatic heterocycles. The molecule has 1 saturated heterocycles. The van der Waals surface area contributed by atoms with E-state index in [1.807, 2.05) is 17.0 Å². The molecule has 0 unspecified atom stereocenters. The van der Waals surface area contributed by atoms with E-state index in [-0.39, 0.29) is 11.9 Å². The summed E-state index contributed by atoms with van der Waals surface area (Å²) in [7, 11) is 0. The first-order chi connectivity index (χ1) is 12.2. The summed E-state index contributed by atoms with van der Waals surface area (Å²) in [5.41, 5.74) is 2.47. The Balaban J connectivity index is 1.24. The number of nitrogens with one attached hydrogen (secondary N) is 2. The molecule has 1 aromatic rings. The Morgan fingerprint density at radius 3 is 2.52 bits per heavy atom. The van der Waals surface area contributed by atoms with Crippen molar-refractivity contribution in [1.82, 2.24) is 15.5 Å². The number of rotatable bonds is 7. The first-order valence-corrected chi connectivity index (χ1v) is 9.20. The van der Waals surface area contributed by atoms with Gasteiger partial charge in [-0.3, -0.25) is 4.79 Å². The van der Waals surface area contributed by atoms with Gasteiger partial charge in [-0.25, -0.2) is 4.79 Å². The van der Waals surface area contributed by atoms with E-state index >= 15 is 0 Å². The van der Waals surface area contributed by atoms with Gasteiger partial charge in [-0.05, 0) is 36.8 Å². The number of ether oxygens (including phenoxy) is 1. The van der Waals surface area contributed by atoms with Crippen LogP contribution in [-0.4, -0.2) is 42.6 Å². The van der Waals surface area contributed by atoms with Gasteiger partial charge in [-0.15, -0.1) is 0 Å². The van der Waals surface area contributed by atoms with Gasteiger partial charge in [-0.2, -0.15) is 0 Å². The number of urea groups is 1. The fourth-order valence-electron chi connectivity index (χ4n) is 3.39. The molecule has 3 rings (SSSR count). The molecule has 1 atom stereocenters. The monoisotopic (exact) mass is 345 g/mol. The van der Waals surface area contributed by atoms with Crippen LogP contribution in [0.25, 0.3) is 0 Å². The summed E-state index contributed by atoms with van der Waals surface area (Å²) < 4.78 is 5.52. The molecule has 6 nitrogen and oxygen atoms in total. The van der Waals surface area contributed by atoms with E-state index in [0.29, 0.717) is 45.1 Å². The van der Waals surface area contributed by atoms with Crippen LogP contribution in [-0.2, 0) is 22.6 Å². The van der Waals surface area contributed by atoms with Crippen molar-refractivity contribution in [3.8, 4) is 0 Å². The van der Waals surface area contributed by atoms with Crippen LogP contribution in [0.3, 0.4) is 0 Å². The molecule has 136 valence electrons. The standard InChI is InChI=1S/C19H27N3O3/c23-18(22-13-15-5-1-2-6-16(15)14-22)8-3-10-20-19(24)21-11-9-17-7-4-12-25-17/h1-2,5-6,17H,3-4,7-14H2,(H2,20,21,24)/t17-/m0/s1. The number of hydrogen-bond acceptors (Lipinski definition) is 3. The van der Waals surface area contributed by atoms with Gasteiger partial charge in [0.2, 0.25) is 5.91 Å². The van der Waals surface area contributed by atoms with Crippen molar-refractivity contribution in [2.45, 2.75) is 51.3 Å². The normalized spacial score (nSPS) is 18.9. The number of amides is 3. The molecule has 2 N–H and O–H groups in total. The molecule has 0 spiro atoms. The highest BCUT2D eigenvalue weighted by atomic mass is 16.5. The Bertz CT molecular complexity index is 574. The lowest BCUT2D eigenvalue weighted by atomic mass is 10.1. The molecule has 0 aliphatic carbocycles. The predicted octanol–water partition coefficient (Wildman–Crippen LogP) is 2.18. The smallest absolute Gasteiger partial charge is 0.314 e. The number of nitrogens with zero attached hydrogens (tertiary/aromatic N) is 1. The zero-order valence-electron chi connectivity index (χ0n) is 14.6. The van der Waals surface area contributed by atoms with Crippen LogP contribution < -0.4 is 10.6 Å². The van der Waals surface area contributed by atoms with E-state index in [2.05, 4.69) is 22.8 Å². The van der Waals surface area contributed by atoms with E-state index < -0.39 is 0 Å². The summed E-state index contributed by atoms with van der Waals surface area (Å²) in [4.78, 5) is 25.9. The summed E-state index contributed by atoms with van der Waals surface area (Å²) in [5, 5.41) is 5.65. The van der Waals surface area contributed by atoms with Crippen LogP contribution in [0.4, 0.5) is 4.79 Å².